The molecule has 2 amide bonds. The van der Waals surface area contributed by atoms with Gasteiger partial charge < -0.3 is 15.3 Å². The molecule has 1 aliphatic heterocycles. The van der Waals surface area contributed by atoms with Crippen LogP contribution in [0.1, 0.15) is 72.4 Å². The Morgan fingerprint density at radius 2 is 1.80 bits per heavy atom. The van der Waals surface area contributed by atoms with Gasteiger partial charge in [0.05, 0.1) is 40.2 Å². The van der Waals surface area contributed by atoms with E-state index in [0.717, 1.165) is 32.8 Å². The lowest BCUT2D eigenvalue weighted by Gasteiger charge is -2.33. The second kappa shape index (κ2) is 11.3. The molecule has 7 nitrogen and oxygen atoms in total. The number of ketones is 1. The van der Waals surface area contributed by atoms with Gasteiger partial charge in [-0.2, -0.15) is 0 Å². The average Bonchev–Trinajstić information content (AvgIpc) is 3.61. The van der Waals surface area contributed by atoms with Crippen LogP contribution in [-0.4, -0.2) is 44.7 Å². The van der Waals surface area contributed by atoms with Gasteiger partial charge in [0.15, 0.2) is 5.78 Å². The zero-order valence-electron chi connectivity index (χ0n) is 23.7. The maximum Gasteiger partial charge on any atom is 0.255 e. The molecule has 210 valence electrons. The fourth-order valence-electron chi connectivity index (χ4n) is 6.46. The molecule has 1 saturated carbocycles. The number of aryl methyl sites for hydroxylation is 2. The normalized spacial score (nSPS) is 21.9. The smallest absolute Gasteiger partial charge is 0.255 e. The van der Waals surface area contributed by atoms with E-state index in [9.17, 15) is 19.5 Å². The third-order valence-electron chi connectivity index (χ3n) is 8.45. The molecule has 2 heterocycles. The topological polar surface area (TPSA) is 99.6 Å². The minimum absolute atomic E-state index is 0.130. The molecule has 0 spiro atoms. The SMILES string of the molecule is Cc1cc(-c2scnc2C)ccc1C(C)NC(=O)C1CC(O)CC1C(=O)C(C(C)C)N1Cc2ccccc2C1=O. The third-order valence-corrected chi connectivity index (χ3v) is 9.43. The van der Waals surface area contributed by atoms with Crippen molar-refractivity contribution in [3.05, 3.63) is 75.9 Å². The Kier molecular flexibility index (Phi) is 7.93. The number of nitrogens with one attached hydrogen (secondary N) is 1. The minimum atomic E-state index is -0.733. The Bertz CT molecular complexity index is 1450. The highest BCUT2D eigenvalue weighted by molar-refractivity contribution is 7.13. The first-order valence-corrected chi connectivity index (χ1v) is 14.9. The van der Waals surface area contributed by atoms with Crippen molar-refractivity contribution < 1.29 is 19.5 Å². The summed E-state index contributed by atoms with van der Waals surface area (Å²) in [5, 5.41) is 13.7. The number of hydrogen-bond acceptors (Lipinski definition) is 6. The number of aliphatic hydroxyl groups excluding tert-OH is 1. The lowest BCUT2D eigenvalue weighted by molar-refractivity contribution is -0.136. The minimum Gasteiger partial charge on any atom is -0.393 e. The number of carbonyl (C=O) groups excluding carboxylic acids is 3. The second-order valence-electron chi connectivity index (χ2n) is 11.6. The Labute approximate surface area is 239 Å². The fourth-order valence-corrected chi connectivity index (χ4v) is 7.26. The van der Waals surface area contributed by atoms with Crippen LogP contribution in [0.5, 0.6) is 0 Å². The molecule has 5 unspecified atom stereocenters. The van der Waals surface area contributed by atoms with Gasteiger partial charge in [-0.1, -0.05) is 50.2 Å². The first kappa shape index (κ1) is 28.2. The number of amides is 2. The quantitative estimate of drug-likeness (QED) is 0.393. The highest BCUT2D eigenvalue weighted by Crippen LogP contribution is 2.38. The van der Waals surface area contributed by atoms with E-state index in [2.05, 4.69) is 22.4 Å². The van der Waals surface area contributed by atoms with Crippen molar-refractivity contribution in [2.45, 2.75) is 72.2 Å². The number of rotatable bonds is 8. The molecule has 8 heteroatoms. The Hall–Kier alpha value is -3.36. The van der Waals surface area contributed by atoms with E-state index in [1.54, 1.807) is 22.3 Å². The van der Waals surface area contributed by atoms with Crippen LogP contribution >= 0.6 is 11.3 Å². The van der Waals surface area contributed by atoms with Crippen LogP contribution in [0.2, 0.25) is 0 Å². The molecular weight excluding hydrogens is 522 g/mol. The van der Waals surface area contributed by atoms with Crippen LogP contribution in [0.4, 0.5) is 0 Å². The molecule has 2 aromatic carbocycles. The van der Waals surface area contributed by atoms with Gasteiger partial charge in [-0.15, -0.1) is 11.3 Å². The maximum atomic E-state index is 14.0. The Morgan fingerprint density at radius 1 is 1.07 bits per heavy atom. The number of aromatic nitrogens is 1. The molecule has 1 fully saturated rings. The van der Waals surface area contributed by atoms with Crippen LogP contribution in [0.15, 0.2) is 48.0 Å². The number of thiazole rings is 1. The van der Waals surface area contributed by atoms with Crippen molar-refractivity contribution >= 4 is 28.9 Å². The molecule has 1 aliphatic carbocycles. The summed E-state index contributed by atoms with van der Waals surface area (Å²) in [6.45, 7) is 10.2. The van der Waals surface area contributed by atoms with Crippen molar-refractivity contribution in [2.24, 2.45) is 17.8 Å². The van der Waals surface area contributed by atoms with Crippen LogP contribution in [-0.2, 0) is 16.1 Å². The van der Waals surface area contributed by atoms with Crippen LogP contribution in [0.3, 0.4) is 0 Å². The predicted molar refractivity (Wildman–Crippen MR) is 156 cm³/mol. The maximum absolute atomic E-state index is 14.0. The van der Waals surface area contributed by atoms with Gasteiger partial charge >= 0.3 is 0 Å². The number of hydrogen-bond donors (Lipinski definition) is 2. The summed E-state index contributed by atoms with van der Waals surface area (Å²) in [7, 11) is 0. The number of carbonyl (C=O) groups is 3. The van der Waals surface area contributed by atoms with Crippen LogP contribution in [0.25, 0.3) is 10.4 Å². The second-order valence-corrected chi connectivity index (χ2v) is 12.4. The molecule has 3 aromatic rings. The van der Waals surface area contributed by atoms with Gasteiger partial charge in [-0.25, -0.2) is 4.98 Å². The van der Waals surface area contributed by atoms with E-state index in [4.69, 9.17) is 0 Å². The fraction of sp³-hybridized carbons (Fsp3) is 0.438. The average molecular weight is 560 g/mol. The summed E-state index contributed by atoms with van der Waals surface area (Å²) < 4.78 is 0. The Morgan fingerprint density at radius 3 is 2.45 bits per heavy atom. The monoisotopic (exact) mass is 559 g/mol. The number of benzene rings is 2. The van der Waals surface area contributed by atoms with Crippen molar-refractivity contribution in [3.63, 3.8) is 0 Å². The summed E-state index contributed by atoms with van der Waals surface area (Å²) in [6, 6.07) is 12.7. The zero-order valence-corrected chi connectivity index (χ0v) is 24.5. The summed E-state index contributed by atoms with van der Waals surface area (Å²) >= 11 is 1.61. The molecule has 2 aliphatic rings. The first-order valence-electron chi connectivity index (χ1n) is 14.0. The molecular formula is C32H37N3O4S. The van der Waals surface area contributed by atoms with Crippen molar-refractivity contribution in [1.82, 2.24) is 15.2 Å². The highest BCUT2D eigenvalue weighted by atomic mass is 32.1. The number of fused-ring (bicyclic) bond motifs is 1. The molecule has 0 bridgehead atoms. The van der Waals surface area contributed by atoms with Crippen molar-refractivity contribution in [3.8, 4) is 10.4 Å². The predicted octanol–water partition coefficient (Wildman–Crippen LogP) is 5.24. The summed E-state index contributed by atoms with van der Waals surface area (Å²) in [4.78, 5) is 48.0. The summed E-state index contributed by atoms with van der Waals surface area (Å²) in [5.74, 6) is -1.95. The molecule has 2 N–H and O–H groups in total. The molecule has 0 saturated heterocycles. The third kappa shape index (κ3) is 5.22. The lowest BCUT2D eigenvalue weighted by atomic mass is 9.83. The van der Waals surface area contributed by atoms with Gasteiger partial charge in [0.2, 0.25) is 5.91 Å². The molecule has 1 aromatic heterocycles. The van der Waals surface area contributed by atoms with Gasteiger partial charge in [0.1, 0.15) is 0 Å². The van der Waals surface area contributed by atoms with Crippen LogP contribution < -0.4 is 5.32 Å². The highest BCUT2D eigenvalue weighted by Gasteiger charge is 2.47. The standard InChI is InChI=1S/C32H37N3O4S/c1-17(2)28(35-15-22-8-6-7-9-25(22)32(35)39)29(37)26-13-23(36)14-27(26)31(38)34-19(4)24-11-10-21(12-18(24)3)30-20(5)33-16-40-30/h6-12,16-17,19,23,26-28,36H,13-15H2,1-5H3,(H,34,38). The van der Waals surface area contributed by atoms with E-state index in [0.29, 0.717) is 12.1 Å². The molecule has 5 atom stereocenters. The number of Topliss-reactive ketones (excluding diaryl/α,β-unsaturated/α-hetero) is 1. The van der Waals surface area contributed by atoms with Gasteiger partial charge in [-0.3, -0.25) is 14.4 Å². The zero-order chi connectivity index (χ0) is 28.7. The van der Waals surface area contributed by atoms with Gasteiger partial charge in [0.25, 0.3) is 5.91 Å². The van der Waals surface area contributed by atoms with E-state index in [-0.39, 0.29) is 42.4 Å². The largest absolute Gasteiger partial charge is 0.393 e. The van der Waals surface area contributed by atoms with Gasteiger partial charge in [-0.05, 0) is 67.9 Å². The van der Waals surface area contributed by atoms with Gasteiger partial charge in [0, 0.05) is 18.0 Å². The first-order chi connectivity index (χ1) is 19.1. The van der Waals surface area contributed by atoms with Crippen molar-refractivity contribution in [2.75, 3.05) is 0 Å². The summed E-state index contributed by atoms with van der Waals surface area (Å²) in [6.07, 6.45) is -0.273. The summed E-state index contributed by atoms with van der Waals surface area (Å²) in [5.41, 5.74) is 7.53. The van der Waals surface area contributed by atoms with Crippen LogP contribution in [0, 0.1) is 31.6 Å². The number of aliphatic hydroxyl groups is 1. The van der Waals surface area contributed by atoms with E-state index < -0.39 is 24.0 Å². The van der Waals surface area contributed by atoms with E-state index in [1.165, 1.54) is 0 Å². The Balaban J connectivity index is 1.32. The van der Waals surface area contributed by atoms with E-state index in [1.807, 2.05) is 64.4 Å². The molecule has 5 rings (SSSR count). The van der Waals surface area contributed by atoms with Crippen molar-refractivity contribution in [1.29, 1.82) is 0 Å². The number of nitrogens with zero attached hydrogens (tertiary/aromatic N) is 2. The lowest BCUT2D eigenvalue weighted by Crippen LogP contribution is -2.49. The molecule has 0 radical (unpaired) electrons. The van der Waals surface area contributed by atoms with E-state index >= 15 is 0 Å². The molecule has 40 heavy (non-hydrogen) atoms.